The van der Waals surface area contributed by atoms with E-state index in [-0.39, 0.29) is 9.77 Å². The van der Waals surface area contributed by atoms with Crippen molar-refractivity contribution in [3.8, 4) is 11.5 Å². The number of fused-ring (bicyclic) bond motifs is 1. The topological polar surface area (TPSA) is 123 Å². The Morgan fingerprint density at radius 2 is 1.68 bits per heavy atom. The first-order valence-corrected chi connectivity index (χ1v) is 13.9. The van der Waals surface area contributed by atoms with Gasteiger partial charge in [0.1, 0.15) is 16.4 Å². The molecule has 196 valence electrons. The quantitative estimate of drug-likeness (QED) is 0.124. The molecule has 0 aliphatic rings. The first-order chi connectivity index (χ1) is 18.2. The van der Waals surface area contributed by atoms with E-state index in [1.807, 2.05) is 0 Å². The van der Waals surface area contributed by atoms with Crippen molar-refractivity contribution in [2.24, 2.45) is 5.10 Å². The number of benzene rings is 3. The molecule has 1 aromatic heterocycles. The Bertz CT molecular complexity index is 1620. The SMILES string of the molecule is COc1ccc2c(Cl)c(C(=O)Oc3ccc(/C=N/NC(=O)CNS(=O)(=O)c4ccc(Cl)cc4)cc3)sc2c1. The fourth-order valence-electron chi connectivity index (χ4n) is 3.16. The number of nitrogens with one attached hydrogen (secondary N) is 2. The summed E-state index contributed by atoms with van der Waals surface area (Å²) in [5.74, 6) is -0.311. The third-order valence-corrected chi connectivity index (χ3v) is 8.37. The predicted octanol–water partition coefficient (Wildman–Crippen LogP) is 4.86. The van der Waals surface area contributed by atoms with Gasteiger partial charge in [-0.1, -0.05) is 23.2 Å². The first kappa shape index (κ1) is 27.6. The van der Waals surface area contributed by atoms with E-state index in [0.717, 1.165) is 10.1 Å². The van der Waals surface area contributed by atoms with Crippen molar-refractivity contribution < 1.29 is 27.5 Å². The standard InChI is InChI=1S/C25H19Cl2N3O6S2/c1-35-18-8-11-20-21(12-18)37-24(23(20)27)25(32)36-17-6-2-15(3-7-17)13-28-30-22(31)14-29-38(33,34)19-9-4-16(26)5-10-19/h2-13,29H,14H2,1H3,(H,30,31)/b28-13+. The minimum absolute atomic E-state index is 0.0196. The van der Waals surface area contributed by atoms with Crippen molar-refractivity contribution in [3.63, 3.8) is 0 Å². The molecule has 4 aromatic rings. The van der Waals surface area contributed by atoms with Crippen LogP contribution in [0.4, 0.5) is 0 Å². The highest BCUT2D eigenvalue weighted by Gasteiger charge is 2.20. The number of methoxy groups -OCH3 is 1. The zero-order valence-electron chi connectivity index (χ0n) is 19.6. The summed E-state index contributed by atoms with van der Waals surface area (Å²) in [5, 5.41) is 5.24. The Balaban J connectivity index is 1.30. The number of nitrogens with zero attached hydrogens (tertiary/aromatic N) is 1. The molecule has 0 aliphatic heterocycles. The molecule has 0 spiro atoms. The van der Waals surface area contributed by atoms with Crippen molar-refractivity contribution >= 4 is 72.7 Å². The number of sulfonamides is 1. The number of rotatable bonds is 9. The summed E-state index contributed by atoms with van der Waals surface area (Å²) in [6, 6.07) is 17.2. The van der Waals surface area contributed by atoms with E-state index >= 15 is 0 Å². The van der Waals surface area contributed by atoms with Crippen molar-refractivity contribution in [1.29, 1.82) is 0 Å². The molecule has 1 amide bonds. The Hall–Kier alpha value is -3.48. The zero-order chi connectivity index (χ0) is 27.3. The van der Waals surface area contributed by atoms with E-state index in [0.29, 0.717) is 27.1 Å². The maximum atomic E-state index is 12.7. The molecule has 0 aliphatic carbocycles. The van der Waals surface area contributed by atoms with E-state index in [1.165, 1.54) is 41.8 Å². The van der Waals surface area contributed by atoms with Gasteiger partial charge in [-0.15, -0.1) is 11.3 Å². The molecular formula is C25H19Cl2N3O6S2. The fourth-order valence-corrected chi connectivity index (χ4v) is 5.68. The molecule has 0 fully saturated rings. The van der Waals surface area contributed by atoms with E-state index in [4.69, 9.17) is 32.7 Å². The third kappa shape index (κ3) is 6.69. The second-order valence-electron chi connectivity index (χ2n) is 7.64. The van der Waals surface area contributed by atoms with Crippen LogP contribution in [-0.2, 0) is 14.8 Å². The van der Waals surface area contributed by atoms with E-state index in [1.54, 1.807) is 49.6 Å². The van der Waals surface area contributed by atoms with Gasteiger partial charge in [-0.2, -0.15) is 5.10 Å². The highest BCUT2D eigenvalue weighted by atomic mass is 35.5. The molecule has 0 bridgehead atoms. The van der Waals surface area contributed by atoms with Crippen LogP contribution in [0.1, 0.15) is 15.2 Å². The van der Waals surface area contributed by atoms with E-state index < -0.39 is 28.4 Å². The van der Waals surface area contributed by atoms with Gasteiger partial charge in [0.25, 0.3) is 5.91 Å². The average Bonchev–Trinajstić information content (AvgIpc) is 3.24. The van der Waals surface area contributed by atoms with Gasteiger partial charge in [-0.3, -0.25) is 4.79 Å². The summed E-state index contributed by atoms with van der Waals surface area (Å²) < 4.78 is 38.1. The molecule has 0 radical (unpaired) electrons. The Labute approximate surface area is 232 Å². The van der Waals surface area contributed by atoms with Gasteiger partial charge in [0.2, 0.25) is 10.0 Å². The van der Waals surface area contributed by atoms with Crippen LogP contribution in [0.3, 0.4) is 0 Å². The predicted molar refractivity (Wildman–Crippen MR) is 147 cm³/mol. The van der Waals surface area contributed by atoms with Crippen molar-refractivity contribution in [2.45, 2.75) is 4.90 Å². The van der Waals surface area contributed by atoms with Crippen LogP contribution in [-0.4, -0.2) is 40.2 Å². The van der Waals surface area contributed by atoms with Crippen LogP contribution in [0.5, 0.6) is 11.5 Å². The van der Waals surface area contributed by atoms with Crippen LogP contribution in [0.2, 0.25) is 10.0 Å². The Morgan fingerprint density at radius 1 is 1.00 bits per heavy atom. The van der Waals surface area contributed by atoms with Gasteiger partial charge in [0, 0.05) is 15.1 Å². The number of hydrazone groups is 1. The van der Waals surface area contributed by atoms with Crippen LogP contribution in [0.25, 0.3) is 10.1 Å². The number of carbonyl (C=O) groups excluding carboxylic acids is 2. The van der Waals surface area contributed by atoms with Gasteiger partial charge in [-0.25, -0.2) is 23.4 Å². The lowest BCUT2D eigenvalue weighted by Crippen LogP contribution is -2.34. The maximum Gasteiger partial charge on any atom is 0.355 e. The number of halogens is 2. The molecule has 0 unspecified atom stereocenters. The summed E-state index contributed by atoms with van der Waals surface area (Å²) in [7, 11) is -2.32. The average molecular weight is 592 g/mol. The number of hydrogen-bond acceptors (Lipinski definition) is 8. The summed E-state index contributed by atoms with van der Waals surface area (Å²) in [5.41, 5.74) is 2.83. The smallest absolute Gasteiger partial charge is 0.355 e. The second kappa shape index (κ2) is 11.9. The van der Waals surface area contributed by atoms with Gasteiger partial charge in [0.15, 0.2) is 0 Å². The number of thiophene rings is 1. The minimum atomic E-state index is -3.87. The zero-order valence-corrected chi connectivity index (χ0v) is 22.7. The summed E-state index contributed by atoms with van der Waals surface area (Å²) in [6.07, 6.45) is 1.35. The lowest BCUT2D eigenvalue weighted by molar-refractivity contribution is -0.119. The Morgan fingerprint density at radius 3 is 2.37 bits per heavy atom. The lowest BCUT2D eigenvalue weighted by atomic mass is 10.2. The van der Waals surface area contributed by atoms with Crippen LogP contribution in [0, 0.1) is 0 Å². The molecule has 2 N–H and O–H groups in total. The first-order valence-electron chi connectivity index (χ1n) is 10.8. The van der Waals surface area contributed by atoms with Crippen molar-refractivity contribution in [2.75, 3.05) is 13.7 Å². The van der Waals surface area contributed by atoms with Gasteiger partial charge in [-0.05, 0) is 72.3 Å². The minimum Gasteiger partial charge on any atom is -0.497 e. The summed E-state index contributed by atoms with van der Waals surface area (Å²) in [4.78, 5) is 24.9. The monoisotopic (exact) mass is 591 g/mol. The van der Waals surface area contributed by atoms with Gasteiger partial charge < -0.3 is 9.47 Å². The van der Waals surface area contributed by atoms with Crippen LogP contribution >= 0.6 is 34.5 Å². The number of ether oxygens (including phenoxy) is 2. The second-order valence-corrected chi connectivity index (χ2v) is 11.3. The van der Waals surface area contributed by atoms with E-state index in [2.05, 4.69) is 15.2 Å². The maximum absolute atomic E-state index is 12.7. The highest BCUT2D eigenvalue weighted by Crippen LogP contribution is 2.37. The van der Waals surface area contributed by atoms with Crippen LogP contribution < -0.4 is 19.6 Å². The van der Waals surface area contributed by atoms with Gasteiger partial charge >= 0.3 is 5.97 Å². The molecule has 9 nitrogen and oxygen atoms in total. The normalized spacial score (nSPS) is 11.6. The highest BCUT2D eigenvalue weighted by molar-refractivity contribution is 7.89. The van der Waals surface area contributed by atoms with E-state index in [9.17, 15) is 18.0 Å². The molecule has 3 aromatic carbocycles. The van der Waals surface area contributed by atoms with Crippen LogP contribution in [0.15, 0.2) is 76.7 Å². The molecule has 0 saturated heterocycles. The Kier molecular flexibility index (Phi) is 8.65. The largest absolute Gasteiger partial charge is 0.497 e. The molecule has 13 heteroatoms. The van der Waals surface area contributed by atoms with Crippen molar-refractivity contribution in [1.82, 2.24) is 10.1 Å². The summed E-state index contributed by atoms with van der Waals surface area (Å²) in [6.45, 7) is -0.510. The molecule has 4 rings (SSSR count). The molecular weight excluding hydrogens is 573 g/mol. The van der Waals surface area contributed by atoms with Gasteiger partial charge in [0.05, 0.1) is 29.8 Å². The number of carbonyl (C=O) groups is 2. The molecule has 38 heavy (non-hydrogen) atoms. The third-order valence-electron chi connectivity index (χ3n) is 5.06. The van der Waals surface area contributed by atoms with Crippen molar-refractivity contribution in [3.05, 3.63) is 87.2 Å². The fraction of sp³-hybridized carbons (Fsp3) is 0.0800. The number of hydrogen-bond donors (Lipinski definition) is 2. The molecule has 0 saturated carbocycles. The number of esters is 1. The lowest BCUT2D eigenvalue weighted by Gasteiger charge is -2.06. The molecule has 1 heterocycles. The number of amides is 1. The molecule has 0 atom stereocenters. The summed E-state index contributed by atoms with van der Waals surface area (Å²) >= 11 is 13.3.